The molecular weight excluding hydrogens is 208 g/mol. The fraction of sp³-hybridized carbons (Fsp3) is 0.500. The van der Waals surface area contributed by atoms with Crippen molar-refractivity contribution < 1.29 is 0 Å². The molecule has 1 unspecified atom stereocenters. The van der Waals surface area contributed by atoms with Gasteiger partial charge >= 0.3 is 0 Å². The van der Waals surface area contributed by atoms with Crippen molar-refractivity contribution in [3.05, 3.63) is 34.9 Å². The predicted molar refractivity (Wildman–Crippen MR) is 65.7 cm³/mol. The van der Waals surface area contributed by atoms with E-state index in [0.29, 0.717) is 12.0 Å². The number of halogens is 1. The molecule has 1 rings (SSSR count). The van der Waals surface area contributed by atoms with Crippen LogP contribution in [0.4, 0.5) is 0 Å². The highest BCUT2D eigenvalue weighted by atomic mass is 35.5. The minimum Gasteiger partial charge on any atom is -0.271 e. The highest BCUT2D eigenvalue weighted by molar-refractivity contribution is 6.30. The fourth-order valence-electron chi connectivity index (χ4n) is 1.73. The molecule has 2 nitrogen and oxygen atoms in total. The quantitative estimate of drug-likeness (QED) is 0.599. The first-order valence-electron chi connectivity index (χ1n) is 5.32. The Kier molecular flexibility index (Phi) is 5.09. The summed E-state index contributed by atoms with van der Waals surface area (Å²) in [5.41, 5.74) is 4.09. The molecule has 0 aliphatic heterocycles. The molecule has 0 aliphatic carbocycles. The lowest BCUT2D eigenvalue weighted by Crippen LogP contribution is -2.37. The lowest BCUT2D eigenvalue weighted by molar-refractivity contribution is 0.423. The summed E-state index contributed by atoms with van der Waals surface area (Å²) in [6.07, 6.45) is 2.00. The van der Waals surface area contributed by atoms with E-state index < -0.39 is 0 Å². The minimum absolute atomic E-state index is 0.323. The van der Waals surface area contributed by atoms with E-state index in [1.165, 1.54) is 5.56 Å². The Morgan fingerprint density at radius 2 is 2.13 bits per heavy atom. The van der Waals surface area contributed by atoms with Crippen molar-refractivity contribution in [1.29, 1.82) is 0 Å². The summed E-state index contributed by atoms with van der Waals surface area (Å²) in [5, 5.41) is 0.785. The molecule has 3 N–H and O–H groups in total. The van der Waals surface area contributed by atoms with E-state index in [9.17, 15) is 0 Å². The Balaban J connectivity index is 2.58. The third kappa shape index (κ3) is 4.65. The van der Waals surface area contributed by atoms with E-state index in [1.54, 1.807) is 0 Å². The molecule has 1 aromatic carbocycles. The van der Waals surface area contributed by atoms with Crippen LogP contribution >= 0.6 is 11.6 Å². The van der Waals surface area contributed by atoms with Gasteiger partial charge in [-0.25, -0.2) is 0 Å². The number of nitrogens with two attached hydrogens (primary N) is 1. The SMILES string of the molecule is CC(C)CC(Cc1cccc(Cl)c1)NN. The van der Waals surface area contributed by atoms with Crippen molar-refractivity contribution in [2.24, 2.45) is 11.8 Å². The molecule has 0 spiro atoms. The Morgan fingerprint density at radius 1 is 1.40 bits per heavy atom. The molecule has 84 valence electrons. The molecule has 0 saturated heterocycles. The van der Waals surface area contributed by atoms with Crippen molar-refractivity contribution in [1.82, 2.24) is 5.43 Å². The van der Waals surface area contributed by atoms with Gasteiger partial charge in [0.1, 0.15) is 0 Å². The molecule has 1 aromatic rings. The van der Waals surface area contributed by atoms with Gasteiger partial charge in [-0.3, -0.25) is 11.3 Å². The van der Waals surface area contributed by atoms with Crippen molar-refractivity contribution in [3.63, 3.8) is 0 Å². The number of benzene rings is 1. The normalized spacial score (nSPS) is 13.1. The lowest BCUT2D eigenvalue weighted by Gasteiger charge is -2.18. The standard InChI is InChI=1S/C12H19ClN2/c1-9(2)6-12(15-14)8-10-4-3-5-11(13)7-10/h3-5,7,9,12,15H,6,8,14H2,1-2H3. The molecule has 0 bridgehead atoms. The monoisotopic (exact) mass is 226 g/mol. The van der Waals surface area contributed by atoms with Gasteiger partial charge in [0.25, 0.3) is 0 Å². The van der Waals surface area contributed by atoms with Crippen molar-refractivity contribution in [2.75, 3.05) is 0 Å². The van der Waals surface area contributed by atoms with Crippen LogP contribution in [0.1, 0.15) is 25.8 Å². The highest BCUT2D eigenvalue weighted by Gasteiger charge is 2.09. The summed E-state index contributed by atoms with van der Waals surface area (Å²) in [4.78, 5) is 0. The Labute approximate surface area is 96.8 Å². The van der Waals surface area contributed by atoms with E-state index in [0.717, 1.165) is 17.9 Å². The third-order valence-corrected chi connectivity index (χ3v) is 2.60. The lowest BCUT2D eigenvalue weighted by atomic mass is 9.98. The molecule has 0 saturated carbocycles. The summed E-state index contributed by atoms with van der Waals surface area (Å²) in [5.74, 6) is 6.17. The Morgan fingerprint density at radius 3 is 2.67 bits per heavy atom. The number of hydrogen-bond acceptors (Lipinski definition) is 2. The van der Waals surface area contributed by atoms with Gasteiger partial charge in [-0.15, -0.1) is 0 Å². The smallest absolute Gasteiger partial charge is 0.0408 e. The van der Waals surface area contributed by atoms with Crippen LogP contribution in [0.2, 0.25) is 5.02 Å². The van der Waals surface area contributed by atoms with E-state index in [-0.39, 0.29) is 0 Å². The molecule has 1 atom stereocenters. The van der Waals surface area contributed by atoms with Gasteiger partial charge in [0.15, 0.2) is 0 Å². The topological polar surface area (TPSA) is 38.0 Å². The van der Waals surface area contributed by atoms with Crippen molar-refractivity contribution in [3.8, 4) is 0 Å². The zero-order chi connectivity index (χ0) is 11.3. The van der Waals surface area contributed by atoms with Crippen LogP contribution < -0.4 is 11.3 Å². The summed E-state index contributed by atoms with van der Waals surface area (Å²) >= 11 is 5.93. The van der Waals surface area contributed by atoms with Gasteiger partial charge in [0.2, 0.25) is 0 Å². The van der Waals surface area contributed by atoms with Crippen molar-refractivity contribution in [2.45, 2.75) is 32.7 Å². The first kappa shape index (κ1) is 12.5. The minimum atomic E-state index is 0.323. The van der Waals surface area contributed by atoms with E-state index in [2.05, 4.69) is 25.3 Å². The van der Waals surface area contributed by atoms with Gasteiger partial charge in [-0.05, 0) is 36.5 Å². The van der Waals surface area contributed by atoms with E-state index in [1.807, 2.05) is 18.2 Å². The Bertz CT molecular complexity index is 299. The van der Waals surface area contributed by atoms with Gasteiger partial charge < -0.3 is 0 Å². The van der Waals surface area contributed by atoms with Gasteiger partial charge in [-0.2, -0.15) is 0 Å². The van der Waals surface area contributed by atoms with E-state index >= 15 is 0 Å². The highest BCUT2D eigenvalue weighted by Crippen LogP contribution is 2.14. The molecule has 0 fully saturated rings. The van der Waals surface area contributed by atoms with Gasteiger partial charge in [-0.1, -0.05) is 37.6 Å². The molecular formula is C12H19ClN2. The molecule has 3 heteroatoms. The second kappa shape index (κ2) is 6.11. The summed E-state index contributed by atoms with van der Waals surface area (Å²) in [6, 6.07) is 8.25. The van der Waals surface area contributed by atoms with Crippen LogP contribution in [0, 0.1) is 5.92 Å². The molecule has 0 heterocycles. The largest absolute Gasteiger partial charge is 0.271 e. The molecule has 0 radical (unpaired) electrons. The first-order chi connectivity index (χ1) is 7.11. The number of hydrazine groups is 1. The average Bonchev–Trinajstić information content (AvgIpc) is 2.16. The van der Waals surface area contributed by atoms with Gasteiger partial charge in [0.05, 0.1) is 0 Å². The van der Waals surface area contributed by atoms with E-state index in [4.69, 9.17) is 17.4 Å². The summed E-state index contributed by atoms with van der Waals surface area (Å²) in [7, 11) is 0. The first-order valence-corrected chi connectivity index (χ1v) is 5.70. The van der Waals surface area contributed by atoms with Crippen molar-refractivity contribution >= 4 is 11.6 Å². The zero-order valence-electron chi connectivity index (χ0n) is 9.33. The summed E-state index contributed by atoms with van der Waals surface area (Å²) < 4.78 is 0. The zero-order valence-corrected chi connectivity index (χ0v) is 10.1. The number of rotatable bonds is 5. The molecule has 0 aromatic heterocycles. The number of nitrogens with one attached hydrogen (secondary N) is 1. The van der Waals surface area contributed by atoms with Crippen LogP contribution in [-0.2, 0) is 6.42 Å². The third-order valence-electron chi connectivity index (χ3n) is 2.36. The van der Waals surface area contributed by atoms with Crippen LogP contribution in [0.15, 0.2) is 24.3 Å². The summed E-state index contributed by atoms with van der Waals surface area (Å²) in [6.45, 7) is 4.39. The maximum absolute atomic E-state index is 5.93. The molecule has 0 aliphatic rings. The Hall–Kier alpha value is -0.570. The maximum Gasteiger partial charge on any atom is 0.0408 e. The second-order valence-electron chi connectivity index (χ2n) is 4.33. The molecule has 0 amide bonds. The van der Waals surface area contributed by atoms with Crippen LogP contribution in [0.3, 0.4) is 0 Å². The molecule has 15 heavy (non-hydrogen) atoms. The van der Waals surface area contributed by atoms with Crippen LogP contribution in [0.25, 0.3) is 0 Å². The second-order valence-corrected chi connectivity index (χ2v) is 4.76. The maximum atomic E-state index is 5.93. The van der Waals surface area contributed by atoms with Gasteiger partial charge in [0, 0.05) is 11.1 Å². The van der Waals surface area contributed by atoms with Crippen LogP contribution in [0.5, 0.6) is 0 Å². The predicted octanol–water partition coefficient (Wildman–Crippen LogP) is 2.76. The average molecular weight is 227 g/mol. The fourth-order valence-corrected chi connectivity index (χ4v) is 1.94. The van der Waals surface area contributed by atoms with Crippen LogP contribution in [-0.4, -0.2) is 6.04 Å². The number of hydrogen-bond donors (Lipinski definition) is 2.